The normalized spacial score (nSPS) is 34.0. The van der Waals surface area contributed by atoms with E-state index in [2.05, 4.69) is 0 Å². The van der Waals surface area contributed by atoms with Crippen LogP contribution in [0.3, 0.4) is 0 Å². The van der Waals surface area contributed by atoms with Crippen LogP contribution in [-0.4, -0.2) is 60.3 Å². The molecule has 0 aromatic carbocycles. The van der Waals surface area contributed by atoms with E-state index in [1.54, 1.807) is 0 Å². The standard InChI is InChI=1S/C17H28NO7/c1-7-16(8-2)10-17(9-15(3,4)18(16)21)24-11(13(19)22-5)12(25-17)14(20)23-6/h11-12H,7-10H2,1-6H3. The van der Waals surface area contributed by atoms with E-state index in [4.69, 9.17) is 18.9 Å². The maximum atomic E-state index is 12.9. The smallest absolute Gasteiger partial charge is 0.338 e. The monoisotopic (exact) mass is 358 g/mol. The number of carbonyl (C=O) groups excluding carboxylic acids is 2. The lowest BCUT2D eigenvalue weighted by molar-refractivity contribution is -0.353. The highest BCUT2D eigenvalue weighted by molar-refractivity contribution is 5.86. The van der Waals surface area contributed by atoms with Gasteiger partial charge in [-0.05, 0) is 26.7 Å². The van der Waals surface area contributed by atoms with Crippen LogP contribution in [0.2, 0.25) is 0 Å². The highest BCUT2D eigenvalue weighted by Gasteiger charge is 2.64. The van der Waals surface area contributed by atoms with Crippen LogP contribution in [-0.2, 0) is 33.7 Å². The van der Waals surface area contributed by atoms with Crippen LogP contribution in [0.1, 0.15) is 53.4 Å². The molecule has 8 nitrogen and oxygen atoms in total. The number of hydrogen-bond donors (Lipinski definition) is 0. The lowest BCUT2D eigenvalue weighted by Crippen LogP contribution is -2.66. The van der Waals surface area contributed by atoms with Gasteiger partial charge >= 0.3 is 11.9 Å². The third-order valence-electron chi connectivity index (χ3n) is 5.42. The number of rotatable bonds is 4. The molecular weight excluding hydrogens is 330 g/mol. The van der Waals surface area contributed by atoms with Crippen molar-refractivity contribution in [2.45, 2.75) is 82.5 Å². The molecule has 2 atom stereocenters. The quantitative estimate of drug-likeness (QED) is 0.704. The van der Waals surface area contributed by atoms with Crippen LogP contribution in [0, 0.1) is 0 Å². The Morgan fingerprint density at radius 3 is 1.80 bits per heavy atom. The van der Waals surface area contributed by atoms with Gasteiger partial charge in [0.05, 0.1) is 19.8 Å². The van der Waals surface area contributed by atoms with E-state index < -0.39 is 41.0 Å². The maximum Gasteiger partial charge on any atom is 0.338 e. The Hall–Kier alpha value is -1.22. The molecule has 0 N–H and O–H groups in total. The molecule has 2 unspecified atom stereocenters. The Kier molecular flexibility index (Phi) is 5.49. The zero-order valence-corrected chi connectivity index (χ0v) is 15.8. The molecule has 2 aliphatic heterocycles. The van der Waals surface area contributed by atoms with Gasteiger partial charge in [-0.3, -0.25) is 0 Å². The molecule has 8 heteroatoms. The maximum absolute atomic E-state index is 12.9. The van der Waals surface area contributed by atoms with Crippen molar-refractivity contribution >= 4 is 11.9 Å². The molecule has 0 aromatic heterocycles. The average Bonchev–Trinajstić information content (AvgIpc) is 2.95. The summed E-state index contributed by atoms with van der Waals surface area (Å²) >= 11 is 0. The van der Waals surface area contributed by atoms with Gasteiger partial charge < -0.3 is 18.9 Å². The topological polar surface area (TPSA) is 94.2 Å². The third-order valence-corrected chi connectivity index (χ3v) is 5.42. The van der Waals surface area contributed by atoms with E-state index in [9.17, 15) is 14.8 Å². The fourth-order valence-corrected chi connectivity index (χ4v) is 4.15. The van der Waals surface area contributed by atoms with Crippen molar-refractivity contribution in [2.24, 2.45) is 0 Å². The third kappa shape index (κ3) is 3.28. The minimum Gasteiger partial charge on any atom is -0.467 e. The predicted octanol–water partition coefficient (Wildman–Crippen LogP) is 1.59. The van der Waals surface area contributed by atoms with Gasteiger partial charge in [-0.1, -0.05) is 13.8 Å². The average molecular weight is 358 g/mol. The van der Waals surface area contributed by atoms with Gasteiger partial charge in [0.2, 0.25) is 0 Å². The number of nitrogens with zero attached hydrogens (tertiary/aromatic N) is 1. The van der Waals surface area contributed by atoms with Gasteiger partial charge in [0.1, 0.15) is 0 Å². The lowest BCUT2D eigenvalue weighted by Gasteiger charge is -2.55. The van der Waals surface area contributed by atoms with Gasteiger partial charge in [0.15, 0.2) is 18.0 Å². The van der Waals surface area contributed by atoms with Crippen LogP contribution in [0.4, 0.5) is 0 Å². The van der Waals surface area contributed by atoms with Gasteiger partial charge in [-0.2, -0.15) is 0 Å². The molecule has 25 heavy (non-hydrogen) atoms. The molecule has 0 amide bonds. The Morgan fingerprint density at radius 2 is 1.44 bits per heavy atom. The van der Waals surface area contributed by atoms with Crippen molar-refractivity contribution in [3.63, 3.8) is 0 Å². The van der Waals surface area contributed by atoms with Crippen molar-refractivity contribution in [2.75, 3.05) is 14.2 Å². The molecule has 1 radical (unpaired) electrons. The number of hydrogen-bond acceptors (Lipinski definition) is 7. The molecule has 2 heterocycles. The van der Waals surface area contributed by atoms with Crippen LogP contribution in [0.25, 0.3) is 0 Å². The summed E-state index contributed by atoms with van der Waals surface area (Å²) in [5, 5.41) is 14.1. The summed E-state index contributed by atoms with van der Waals surface area (Å²) in [6, 6.07) is 0. The summed E-state index contributed by atoms with van der Waals surface area (Å²) in [5.74, 6) is -2.62. The second-order valence-electron chi connectivity index (χ2n) is 7.43. The molecular formula is C17H28NO7. The zero-order valence-electron chi connectivity index (χ0n) is 15.8. The fourth-order valence-electron chi connectivity index (χ4n) is 4.15. The fraction of sp³-hybridized carbons (Fsp3) is 0.882. The zero-order chi connectivity index (χ0) is 19.0. The summed E-state index contributed by atoms with van der Waals surface area (Å²) in [6.07, 6.45) is -0.740. The van der Waals surface area contributed by atoms with Crippen molar-refractivity contribution in [3.05, 3.63) is 0 Å². The highest BCUT2D eigenvalue weighted by atomic mass is 16.8. The number of piperidine rings is 1. The predicted molar refractivity (Wildman–Crippen MR) is 85.7 cm³/mol. The largest absolute Gasteiger partial charge is 0.467 e. The molecule has 1 spiro atoms. The summed E-state index contributed by atoms with van der Waals surface area (Å²) in [5.41, 5.74) is -1.48. The summed E-state index contributed by atoms with van der Waals surface area (Å²) in [4.78, 5) is 24.2. The molecule has 143 valence electrons. The number of hydroxylamine groups is 2. The number of methoxy groups -OCH3 is 2. The van der Waals surface area contributed by atoms with Crippen molar-refractivity contribution in [1.82, 2.24) is 5.06 Å². The Balaban J connectivity index is 2.42. The van der Waals surface area contributed by atoms with Crippen molar-refractivity contribution in [1.29, 1.82) is 0 Å². The molecule has 0 aromatic rings. The van der Waals surface area contributed by atoms with E-state index in [1.165, 1.54) is 14.2 Å². The van der Waals surface area contributed by atoms with Gasteiger partial charge in [0, 0.05) is 18.4 Å². The molecule has 2 saturated heterocycles. The van der Waals surface area contributed by atoms with Crippen molar-refractivity contribution < 1.29 is 33.7 Å². The van der Waals surface area contributed by atoms with Gasteiger partial charge in [0.25, 0.3) is 0 Å². The number of carbonyl (C=O) groups is 2. The minimum absolute atomic E-state index is 0.228. The SMILES string of the molecule is CCC1(CC)CC2(CC(C)(C)N1[O])OC(C(=O)OC)C(C(=O)OC)O2. The van der Waals surface area contributed by atoms with E-state index >= 15 is 0 Å². The first kappa shape index (κ1) is 20.1. The summed E-state index contributed by atoms with van der Waals surface area (Å²) in [7, 11) is 2.44. The van der Waals surface area contributed by atoms with Gasteiger partial charge in [-0.25, -0.2) is 9.59 Å². The lowest BCUT2D eigenvalue weighted by atomic mass is 9.73. The second-order valence-corrected chi connectivity index (χ2v) is 7.43. The summed E-state index contributed by atoms with van der Waals surface area (Å²) in [6.45, 7) is 7.50. The van der Waals surface area contributed by atoms with E-state index in [0.29, 0.717) is 12.8 Å². The first-order valence-electron chi connectivity index (χ1n) is 8.59. The van der Waals surface area contributed by atoms with Crippen LogP contribution < -0.4 is 0 Å². The van der Waals surface area contributed by atoms with Gasteiger partial charge in [-0.15, -0.1) is 10.3 Å². The molecule has 2 aliphatic rings. The van der Waals surface area contributed by atoms with E-state index in [0.717, 1.165) is 5.06 Å². The Bertz CT molecular complexity index is 505. The molecule has 2 rings (SSSR count). The number of ether oxygens (including phenoxy) is 4. The second kappa shape index (κ2) is 6.83. The highest BCUT2D eigenvalue weighted by Crippen LogP contribution is 2.51. The Morgan fingerprint density at radius 1 is 1.00 bits per heavy atom. The first-order valence-corrected chi connectivity index (χ1v) is 8.59. The van der Waals surface area contributed by atoms with Crippen LogP contribution in [0.5, 0.6) is 0 Å². The molecule has 2 fully saturated rings. The molecule has 0 saturated carbocycles. The Labute approximate surface area is 148 Å². The first-order chi connectivity index (χ1) is 11.6. The minimum atomic E-state index is -1.21. The van der Waals surface area contributed by atoms with Crippen LogP contribution >= 0.6 is 0 Å². The van der Waals surface area contributed by atoms with Crippen LogP contribution in [0.15, 0.2) is 0 Å². The number of esters is 2. The van der Waals surface area contributed by atoms with E-state index in [1.807, 2.05) is 27.7 Å². The summed E-state index contributed by atoms with van der Waals surface area (Å²) < 4.78 is 21.4. The van der Waals surface area contributed by atoms with Crippen molar-refractivity contribution in [3.8, 4) is 0 Å². The van der Waals surface area contributed by atoms with E-state index in [-0.39, 0.29) is 12.8 Å². The molecule has 0 bridgehead atoms. The molecule has 0 aliphatic carbocycles.